The van der Waals surface area contributed by atoms with Crippen LogP contribution in [0.25, 0.3) is 0 Å². The minimum atomic E-state index is -0.732. The molecule has 0 amide bonds. The van der Waals surface area contributed by atoms with Crippen LogP contribution in [0.3, 0.4) is 0 Å². The molecule has 122 valence electrons. The molecular formula is C20H28F2. The highest BCUT2D eigenvalue weighted by Crippen LogP contribution is 2.58. The monoisotopic (exact) mass is 306 g/mol. The van der Waals surface area contributed by atoms with Crippen LogP contribution < -0.4 is 0 Å². The summed E-state index contributed by atoms with van der Waals surface area (Å²) in [5.74, 6) is -0.0337. The maximum Gasteiger partial charge on any atom is 0.159 e. The molecule has 0 aromatic heterocycles. The smallest absolute Gasteiger partial charge is 0.159 e. The number of hydrogen-bond acceptors (Lipinski definition) is 0. The summed E-state index contributed by atoms with van der Waals surface area (Å²) in [6.07, 6.45) is 13.2. The molecule has 0 aliphatic heterocycles. The fourth-order valence-electron chi connectivity index (χ4n) is 4.79. The van der Waals surface area contributed by atoms with E-state index in [1.54, 1.807) is 6.07 Å². The van der Waals surface area contributed by atoms with Gasteiger partial charge < -0.3 is 0 Å². The summed E-state index contributed by atoms with van der Waals surface area (Å²) in [5, 5.41) is 0. The van der Waals surface area contributed by atoms with E-state index in [0.717, 1.165) is 24.3 Å². The average Bonchev–Trinajstić information content (AvgIpc) is 2.49. The van der Waals surface area contributed by atoms with Gasteiger partial charge in [0.25, 0.3) is 0 Å². The number of hydrogen-bond donors (Lipinski definition) is 0. The lowest BCUT2D eigenvalue weighted by Gasteiger charge is -2.52. The van der Waals surface area contributed by atoms with Crippen molar-refractivity contribution >= 4 is 0 Å². The zero-order valence-electron chi connectivity index (χ0n) is 13.7. The van der Waals surface area contributed by atoms with Crippen LogP contribution in [0.15, 0.2) is 18.2 Å². The van der Waals surface area contributed by atoms with E-state index in [2.05, 4.69) is 6.92 Å². The van der Waals surface area contributed by atoms with Gasteiger partial charge in [-0.1, -0.05) is 38.7 Å². The van der Waals surface area contributed by atoms with Gasteiger partial charge in [0, 0.05) is 0 Å². The van der Waals surface area contributed by atoms with Gasteiger partial charge in [0.2, 0.25) is 0 Å². The number of benzene rings is 1. The van der Waals surface area contributed by atoms with Gasteiger partial charge >= 0.3 is 0 Å². The highest BCUT2D eigenvalue weighted by Gasteiger charge is 2.45. The van der Waals surface area contributed by atoms with Gasteiger partial charge in [0.15, 0.2) is 11.6 Å². The standard InChI is InChI=1S/C20H28F2/c1-2-3-4-5-15-13-20(14-15)10-8-16(9-11-20)17-6-7-18(21)19(22)12-17/h6-7,12,15-16H,2-5,8-11,13-14H2,1H3. The van der Waals surface area contributed by atoms with Gasteiger partial charge in [-0.05, 0) is 73.5 Å². The van der Waals surface area contributed by atoms with E-state index in [-0.39, 0.29) is 0 Å². The Labute approximate surface area is 133 Å². The third-order valence-corrected chi connectivity index (χ3v) is 6.12. The molecule has 1 aromatic rings. The molecule has 0 atom stereocenters. The van der Waals surface area contributed by atoms with Crippen LogP contribution in [0.5, 0.6) is 0 Å². The molecule has 0 nitrogen and oxygen atoms in total. The van der Waals surface area contributed by atoms with Gasteiger partial charge in [0.1, 0.15) is 0 Å². The topological polar surface area (TPSA) is 0 Å². The molecule has 2 aliphatic carbocycles. The predicted molar refractivity (Wildman–Crippen MR) is 86.9 cm³/mol. The minimum Gasteiger partial charge on any atom is -0.204 e. The second-order valence-corrected chi connectivity index (χ2v) is 7.72. The molecule has 0 saturated heterocycles. The average molecular weight is 306 g/mol. The van der Waals surface area contributed by atoms with E-state index in [1.807, 2.05) is 0 Å². The van der Waals surface area contributed by atoms with Crippen molar-refractivity contribution in [3.8, 4) is 0 Å². The van der Waals surface area contributed by atoms with Crippen LogP contribution in [0.2, 0.25) is 0 Å². The number of rotatable bonds is 5. The SMILES string of the molecule is CCCCCC1CC2(CCC(c3ccc(F)c(F)c3)CC2)C1. The quantitative estimate of drug-likeness (QED) is 0.538. The fraction of sp³-hybridized carbons (Fsp3) is 0.700. The lowest BCUT2D eigenvalue weighted by molar-refractivity contribution is 0.00452. The second-order valence-electron chi connectivity index (χ2n) is 7.72. The lowest BCUT2D eigenvalue weighted by atomic mass is 9.53. The van der Waals surface area contributed by atoms with Crippen molar-refractivity contribution in [3.05, 3.63) is 35.4 Å². The maximum atomic E-state index is 13.4. The van der Waals surface area contributed by atoms with E-state index in [9.17, 15) is 8.78 Å². The van der Waals surface area contributed by atoms with E-state index >= 15 is 0 Å². The van der Waals surface area contributed by atoms with E-state index in [4.69, 9.17) is 0 Å². The van der Waals surface area contributed by atoms with Crippen molar-refractivity contribution in [1.29, 1.82) is 0 Å². The van der Waals surface area contributed by atoms with Gasteiger partial charge in [-0.3, -0.25) is 0 Å². The molecule has 3 rings (SSSR count). The third-order valence-electron chi connectivity index (χ3n) is 6.12. The highest BCUT2D eigenvalue weighted by atomic mass is 19.2. The summed E-state index contributed by atoms with van der Waals surface area (Å²) in [4.78, 5) is 0. The summed E-state index contributed by atoms with van der Waals surface area (Å²) >= 11 is 0. The largest absolute Gasteiger partial charge is 0.204 e. The molecule has 22 heavy (non-hydrogen) atoms. The summed E-state index contributed by atoms with van der Waals surface area (Å²) in [5.41, 5.74) is 1.60. The predicted octanol–water partition coefficient (Wildman–Crippen LogP) is 6.60. The molecule has 2 fully saturated rings. The van der Waals surface area contributed by atoms with Crippen molar-refractivity contribution in [3.63, 3.8) is 0 Å². The molecule has 2 saturated carbocycles. The second kappa shape index (κ2) is 6.68. The molecule has 2 heteroatoms. The molecule has 1 spiro atoms. The molecule has 0 bridgehead atoms. The van der Waals surface area contributed by atoms with Crippen LogP contribution in [0.1, 0.15) is 82.6 Å². The first-order valence-electron chi connectivity index (χ1n) is 9.07. The van der Waals surface area contributed by atoms with Crippen molar-refractivity contribution in [2.45, 2.75) is 77.0 Å². The van der Waals surface area contributed by atoms with Crippen LogP contribution >= 0.6 is 0 Å². The molecule has 2 aliphatic rings. The van der Waals surface area contributed by atoms with Crippen LogP contribution in [-0.2, 0) is 0 Å². The zero-order chi connectivity index (χ0) is 15.6. The van der Waals surface area contributed by atoms with Gasteiger partial charge in [-0.2, -0.15) is 0 Å². The molecule has 0 N–H and O–H groups in total. The first-order valence-corrected chi connectivity index (χ1v) is 9.07. The van der Waals surface area contributed by atoms with Gasteiger partial charge in [-0.25, -0.2) is 8.78 Å². The normalized spacial score (nSPS) is 31.2. The van der Waals surface area contributed by atoms with Crippen LogP contribution in [0, 0.1) is 23.0 Å². The maximum absolute atomic E-state index is 13.4. The van der Waals surface area contributed by atoms with E-state index in [0.29, 0.717) is 11.3 Å². The molecule has 0 heterocycles. The van der Waals surface area contributed by atoms with E-state index in [1.165, 1.54) is 63.5 Å². The Balaban J connectivity index is 1.48. The van der Waals surface area contributed by atoms with E-state index < -0.39 is 11.6 Å². The summed E-state index contributed by atoms with van der Waals surface area (Å²) in [6.45, 7) is 2.27. The lowest BCUT2D eigenvalue weighted by Crippen LogP contribution is -2.40. The Hall–Kier alpha value is -0.920. The van der Waals surface area contributed by atoms with Crippen LogP contribution in [0.4, 0.5) is 8.78 Å². The Morgan fingerprint density at radius 2 is 1.77 bits per heavy atom. The molecule has 0 radical (unpaired) electrons. The van der Waals surface area contributed by atoms with Crippen molar-refractivity contribution < 1.29 is 8.78 Å². The Bertz CT molecular complexity index is 492. The summed E-state index contributed by atoms with van der Waals surface area (Å²) in [6, 6.07) is 4.46. The Morgan fingerprint density at radius 3 is 2.41 bits per heavy atom. The minimum absolute atomic E-state index is 0.430. The van der Waals surface area contributed by atoms with Crippen molar-refractivity contribution in [2.24, 2.45) is 11.3 Å². The number of halogens is 2. The first kappa shape index (κ1) is 16.0. The number of unbranched alkanes of at least 4 members (excludes halogenated alkanes) is 2. The Morgan fingerprint density at radius 1 is 1.05 bits per heavy atom. The van der Waals surface area contributed by atoms with Gasteiger partial charge in [0.05, 0.1) is 0 Å². The zero-order valence-corrected chi connectivity index (χ0v) is 13.7. The first-order chi connectivity index (χ1) is 10.6. The fourth-order valence-corrected chi connectivity index (χ4v) is 4.79. The molecule has 0 unspecified atom stereocenters. The Kier molecular flexibility index (Phi) is 4.84. The third kappa shape index (κ3) is 3.36. The molecular weight excluding hydrogens is 278 g/mol. The molecule has 1 aromatic carbocycles. The highest BCUT2D eigenvalue weighted by molar-refractivity contribution is 5.22. The van der Waals surface area contributed by atoms with Gasteiger partial charge in [-0.15, -0.1) is 0 Å². The summed E-state index contributed by atoms with van der Waals surface area (Å²) < 4.78 is 26.4. The van der Waals surface area contributed by atoms with Crippen molar-refractivity contribution in [1.82, 2.24) is 0 Å². The summed E-state index contributed by atoms with van der Waals surface area (Å²) in [7, 11) is 0. The van der Waals surface area contributed by atoms with Crippen molar-refractivity contribution in [2.75, 3.05) is 0 Å². The van der Waals surface area contributed by atoms with Crippen LogP contribution in [-0.4, -0.2) is 0 Å².